The molecule has 0 fully saturated rings. The molecule has 0 aliphatic heterocycles. The third kappa shape index (κ3) is 4.95. The number of aromatic nitrogens is 1. The first kappa shape index (κ1) is 12.7. The Morgan fingerprint density at radius 2 is 2.38 bits per heavy atom. The van der Waals surface area contributed by atoms with Gasteiger partial charge in [0, 0.05) is 31.4 Å². The molecule has 0 bridgehead atoms. The van der Waals surface area contributed by atoms with Gasteiger partial charge in [-0.25, -0.2) is 0 Å². The maximum Gasteiger partial charge on any atom is 0.303 e. The Kier molecular flexibility index (Phi) is 5.01. The largest absolute Gasteiger partial charge is 0.481 e. The van der Waals surface area contributed by atoms with E-state index >= 15 is 0 Å². The predicted octanol–water partition coefficient (Wildman–Crippen LogP) is 0.672. The SMILES string of the molecule is CN(Cc1ccc[nH]1)CC(O)CCC(=O)O. The molecule has 1 rings (SSSR count). The number of nitrogens with one attached hydrogen (secondary N) is 1. The van der Waals surface area contributed by atoms with Crippen LogP contribution in [0, 0.1) is 0 Å². The summed E-state index contributed by atoms with van der Waals surface area (Å²) in [6.45, 7) is 1.20. The third-order valence-corrected chi connectivity index (χ3v) is 2.32. The molecule has 90 valence electrons. The lowest BCUT2D eigenvalue weighted by atomic mass is 10.2. The second-order valence-corrected chi connectivity index (χ2v) is 3.98. The highest BCUT2D eigenvalue weighted by molar-refractivity contribution is 5.66. The second kappa shape index (κ2) is 6.30. The number of hydrogen-bond donors (Lipinski definition) is 3. The highest BCUT2D eigenvalue weighted by Gasteiger charge is 2.10. The lowest BCUT2D eigenvalue weighted by molar-refractivity contribution is -0.137. The fourth-order valence-corrected chi connectivity index (χ4v) is 1.56. The molecule has 5 nitrogen and oxygen atoms in total. The Hall–Kier alpha value is -1.33. The molecule has 1 heterocycles. The van der Waals surface area contributed by atoms with Crippen molar-refractivity contribution in [1.82, 2.24) is 9.88 Å². The first-order valence-electron chi connectivity index (χ1n) is 5.28. The summed E-state index contributed by atoms with van der Waals surface area (Å²) in [5.74, 6) is -0.869. The summed E-state index contributed by atoms with van der Waals surface area (Å²) in [5.41, 5.74) is 1.08. The lowest BCUT2D eigenvalue weighted by Crippen LogP contribution is -2.29. The van der Waals surface area contributed by atoms with Gasteiger partial charge in [-0.1, -0.05) is 0 Å². The maximum atomic E-state index is 10.3. The van der Waals surface area contributed by atoms with Crippen molar-refractivity contribution in [3.8, 4) is 0 Å². The van der Waals surface area contributed by atoms with E-state index in [9.17, 15) is 9.90 Å². The van der Waals surface area contributed by atoms with E-state index in [0.717, 1.165) is 12.2 Å². The molecule has 16 heavy (non-hydrogen) atoms. The Bertz CT molecular complexity index is 311. The number of carbonyl (C=O) groups is 1. The van der Waals surface area contributed by atoms with Gasteiger partial charge in [-0.05, 0) is 25.6 Å². The fraction of sp³-hybridized carbons (Fsp3) is 0.545. The van der Waals surface area contributed by atoms with E-state index < -0.39 is 12.1 Å². The third-order valence-electron chi connectivity index (χ3n) is 2.32. The minimum Gasteiger partial charge on any atom is -0.481 e. The van der Waals surface area contributed by atoms with Crippen molar-refractivity contribution in [1.29, 1.82) is 0 Å². The van der Waals surface area contributed by atoms with Gasteiger partial charge in [0.15, 0.2) is 0 Å². The van der Waals surface area contributed by atoms with E-state index in [2.05, 4.69) is 4.98 Å². The predicted molar refractivity (Wildman–Crippen MR) is 60.0 cm³/mol. The molecule has 0 aromatic carbocycles. The number of rotatable bonds is 7. The summed E-state index contributed by atoms with van der Waals surface area (Å²) >= 11 is 0. The summed E-state index contributed by atoms with van der Waals surface area (Å²) in [4.78, 5) is 15.3. The summed E-state index contributed by atoms with van der Waals surface area (Å²) in [7, 11) is 1.89. The van der Waals surface area contributed by atoms with Crippen molar-refractivity contribution in [2.75, 3.05) is 13.6 Å². The van der Waals surface area contributed by atoms with Gasteiger partial charge >= 0.3 is 5.97 Å². The number of likely N-dealkylation sites (N-methyl/N-ethyl adjacent to an activating group) is 1. The highest BCUT2D eigenvalue weighted by Crippen LogP contribution is 2.03. The van der Waals surface area contributed by atoms with Crippen LogP contribution in [0.25, 0.3) is 0 Å². The molecule has 0 radical (unpaired) electrons. The number of carboxylic acid groups (broad SMARTS) is 1. The van der Waals surface area contributed by atoms with Crippen molar-refractivity contribution in [2.45, 2.75) is 25.5 Å². The van der Waals surface area contributed by atoms with Crippen molar-refractivity contribution in [2.24, 2.45) is 0 Å². The van der Waals surface area contributed by atoms with Crippen molar-refractivity contribution in [3.63, 3.8) is 0 Å². The molecule has 0 aliphatic carbocycles. The summed E-state index contributed by atoms with van der Waals surface area (Å²) in [6, 6.07) is 3.89. The number of aliphatic hydroxyl groups excluding tert-OH is 1. The molecule has 1 atom stereocenters. The van der Waals surface area contributed by atoms with E-state index in [0.29, 0.717) is 13.0 Å². The molecule has 0 saturated heterocycles. The summed E-state index contributed by atoms with van der Waals surface area (Å²) in [5, 5.41) is 18.1. The Morgan fingerprint density at radius 3 is 2.94 bits per heavy atom. The number of aliphatic carboxylic acids is 1. The highest BCUT2D eigenvalue weighted by atomic mass is 16.4. The number of hydrogen-bond acceptors (Lipinski definition) is 3. The zero-order valence-corrected chi connectivity index (χ0v) is 9.39. The van der Waals surface area contributed by atoms with Gasteiger partial charge in [-0.3, -0.25) is 9.69 Å². The van der Waals surface area contributed by atoms with Crippen LogP contribution < -0.4 is 0 Å². The molecule has 0 saturated carbocycles. The topological polar surface area (TPSA) is 76.6 Å². The van der Waals surface area contributed by atoms with Crippen LogP contribution in [0.2, 0.25) is 0 Å². The lowest BCUT2D eigenvalue weighted by Gasteiger charge is -2.19. The summed E-state index contributed by atoms with van der Waals surface area (Å²) < 4.78 is 0. The number of aromatic amines is 1. The minimum absolute atomic E-state index is 0.0114. The van der Waals surface area contributed by atoms with E-state index in [4.69, 9.17) is 5.11 Å². The smallest absolute Gasteiger partial charge is 0.303 e. The number of nitrogens with zero attached hydrogens (tertiary/aromatic N) is 1. The van der Waals surface area contributed by atoms with Crippen LogP contribution in [-0.2, 0) is 11.3 Å². The first-order chi connectivity index (χ1) is 7.58. The molecule has 1 aromatic rings. The molecule has 1 aromatic heterocycles. The fourth-order valence-electron chi connectivity index (χ4n) is 1.56. The maximum absolute atomic E-state index is 10.3. The van der Waals surface area contributed by atoms with Gasteiger partial charge in [-0.2, -0.15) is 0 Å². The molecule has 0 amide bonds. The molecule has 3 N–H and O–H groups in total. The molecular formula is C11H18N2O3. The van der Waals surface area contributed by atoms with Crippen molar-refractivity contribution in [3.05, 3.63) is 24.0 Å². The minimum atomic E-state index is -0.869. The van der Waals surface area contributed by atoms with E-state index in [1.807, 2.05) is 30.3 Å². The normalized spacial score (nSPS) is 12.9. The van der Waals surface area contributed by atoms with Crippen LogP contribution in [0.5, 0.6) is 0 Å². The average Bonchev–Trinajstić information content (AvgIpc) is 2.67. The molecule has 0 spiro atoms. The zero-order valence-electron chi connectivity index (χ0n) is 9.39. The average molecular weight is 226 g/mol. The summed E-state index contributed by atoms with van der Waals surface area (Å²) in [6.07, 6.45) is 1.57. The van der Waals surface area contributed by atoms with Gasteiger partial charge in [0.25, 0.3) is 0 Å². The molecule has 1 unspecified atom stereocenters. The van der Waals surface area contributed by atoms with Crippen LogP contribution in [0.15, 0.2) is 18.3 Å². The second-order valence-electron chi connectivity index (χ2n) is 3.98. The Morgan fingerprint density at radius 1 is 1.62 bits per heavy atom. The molecule has 5 heteroatoms. The monoisotopic (exact) mass is 226 g/mol. The van der Waals surface area contributed by atoms with Crippen molar-refractivity contribution < 1.29 is 15.0 Å². The van der Waals surface area contributed by atoms with Crippen molar-refractivity contribution >= 4 is 5.97 Å². The number of H-pyrrole nitrogens is 1. The number of carboxylic acids is 1. The van der Waals surface area contributed by atoms with Crippen LogP contribution in [0.3, 0.4) is 0 Å². The standard InChI is InChI=1S/C11H18N2O3/c1-13(7-9-3-2-6-12-9)8-10(14)4-5-11(15)16/h2-3,6,10,12,14H,4-5,7-8H2,1H3,(H,15,16). The zero-order chi connectivity index (χ0) is 12.0. The van der Waals surface area contributed by atoms with Crippen LogP contribution in [0.1, 0.15) is 18.5 Å². The Balaban J connectivity index is 2.22. The van der Waals surface area contributed by atoms with Crippen LogP contribution in [-0.4, -0.2) is 45.8 Å². The number of aliphatic hydroxyl groups is 1. The van der Waals surface area contributed by atoms with Gasteiger partial charge < -0.3 is 15.2 Å². The van der Waals surface area contributed by atoms with E-state index in [1.54, 1.807) is 0 Å². The quantitative estimate of drug-likeness (QED) is 0.638. The molecular weight excluding hydrogens is 208 g/mol. The first-order valence-corrected chi connectivity index (χ1v) is 5.28. The van der Waals surface area contributed by atoms with Gasteiger partial charge in [-0.15, -0.1) is 0 Å². The Labute approximate surface area is 94.7 Å². The van der Waals surface area contributed by atoms with Crippen LogP contribution in [0.4, 0.5) is 0 Å². The van der Waals surface area contributed by atoms with E-state index in [-0.39, 0.29) is 6.42 Å². The van der Waals surface area contributed by atoms with E-state index in [1.165, 1.54) is 0 Å². The van der Waals surface area contributed by atoms with Crippen LogP contribution >= 0.6 is 0 Å². The van der Waals surface area contributed by atoms with Gasteiger partial charge in [0.05, 0.1) is 6.10 Å². The van der Waals surface area contributed by atoms with Gasteiger partial charge in [0.2, 0.25) is 0 Å². The molecule has 0 aliphatic rings. The van der Waals surface area contributed by atoms with Gasteiger partial charge in [0.1, 0.15) is 0 Å².